The van der Waals surface area contributed by atoms with Crippen LogP contribution >= 0.6 is 11.3 Å². The largest absolute Gasteiger partial charge is 0.494 e. The Morgan fingerprint density at radius 2 is 2.00 bits per heavy atom. The Hall–Kier alpha value is -3.45. The molecule has 0 N–H and O–H groups in total. The van der Waals surface area contributed by atoms with Gasteiger partial charge in [-0.25, -0.2) is 4.98 Å². The fourth-order valence-electron chi connectivity index (χ4n) is 4.09. The Labute approximate surface area is 189 Å². The highest BCUT2D eigenvalue weighted by molar-refractivity contribution is 7.17. The fourth-order valence-corrected chi connectivity index (χ4v) is 5.06. The van der Waals surface area contributed by atoms with E-state index >= 15 is 0 Å². The van der Waals surface area contributed by atoms with Crippen LogP contribution in [0.15, 0.2) is 65.7 Å². The van der Waals surface area contributed by atoms with Crippen LogP contribution in [0.1, 0.15) is 38.8 Å². The molecule has 1 aliphatic rings. The molecule has 1 aliphatic heterocycles. The van der Waals surface area contributed by atoms with Crippen molar-refractivity contribution in [1.29, 1.82) is 0 Å². The molecule has 4 aromatic rings. The van der Waals surface area contributed by atoms with Crippen LogP contribution < -0.4 is 10.3 Å². The lowest BCUT2D eigenvalue weighted by Crippen LogP contribution is -2.39. The molecule has 0 radical (unpaired) electrons. The summed E-state index contributed by atoms with van der Waals surface area (Å²) >= 11 is 1.47. The zero-order chi connectivity index (χ0) is 22.1. The second kappa shape index (κ2) is 8.59. The molecule has 1 amide bonds. The van der Waals surface area contributed by atoms with Crippen molar-refractivity contribution in [2.45, 2.75) is 26.3 Å². The van der Waals surface area contributed by atoms with E-state index in [2.05, 4.69) is 23.2 Å². The Morgan fingerprint density at radius 1 is 1.16 bits per heavy atom. The van der Waals surface area contributed by atoms with Crippen LogP contribution in [-0.4, -0.2) is 33.3 Å². The second-order valence-corrected chi connectivity index (χ2v) is 8.92. The predicted molar refractivity (Wildman–Crippen MR) is 125 cm³/mol. The average Bonchev–Trinajstić information content (AvgIpc) is 3.23. The lowest BCUT2D eigenvalue weighted by Gasteiger charge is -2.29. The molecule has 0 fully saturated rings. The zero-order valence-corrected chi connectivity index (χ0v) is 18.6. The van der Waals surface area contributed by atoms with Gasteiger partial charge in [0, 0.05) is 36.8 Å². The first-order valence-corrected chi connectivity index (χ1v) is 11.5. The van der Waals surface area contributed by atoms with E-state index in [1.165, 1.54) is 33.1 Å². The molecule has 0 aliphatic carbocycles. The SMILES string of the molecule is CCOc1ccc2c(c1)CN(C(=O)c1cnc3sc(Cc4ccccc4)cn3c1=O)CC2. The maximum atomic E-state index is 13.2. The number of ether oxygens (including phenoxy) is 1. The van der Waals surface area contributed by atoms with E-state index < -0.39 is 0 Å². The van der Waals surface area contributed by atoms with E-state index in [1.54, 1.807) is 11.1 Å². The zero-order valence-electron chi connectivity index (χ0n) is 17.8. The second-order valence-electron chi connectivity index (χ2n) is 7.83. The summed E-state index contributed by atoms with van der Waals surface area (Å²) in [4.78, 5) is 34.1. The number of rotatable bonds is 5. The number of benzene rings is 2. The highest BCUT2D eigenvalue weighted by Gasteiger charge is 2.25. The fraction of sp³-hybridized carbons (Fsp3) is 0.240. The van der Waals surface area contributed by atoms with Crippen LogP contribution in [0, 0.1) is 0 Å². The summed E-state index contributed by atoms with van der Waals surface area (Å²) in [6, 6.07) is 16.1. The number of fused-ring (bicyclic) bond motifs is 2. The molecule has 162 valence electrons. The predicted octanol–water partition coefficient (Wildman–Crippen LogP) is 3.94. The Morgan fingerprint density at radius 3 is 2.81 bits per heavy atom. The van der Waals surface area contributed by atoms with Crippen LogP contribution in [0.2, 0.25) is 0 Å². The topological polar surface area (TPSA) is 63.9 Å². The molecule has 32 heavy (non-hydrogen) atoms. The van der Waals surface area contributed by atoms with E-state index in [9.17, 15) is 9.59 Å². The van der Waals surface area contributed by atoms with Crippen molar-refractivity contribution in [2.75, 3.05) is 13.2 Å². The van der Waals surface area contributed by atoms with Gasteiger partial charge < -0.3 is 9.64 Å². The summed E-state index contributed by atoms with van der Waals surface area (Å²) in [5.74, 6) is 0.521. The molecule has 0 unspecified atom stereocenters. The van der Waals surface area contributed by atoms with Crippen molar-refractivity contribution in [3.05, 3.63) is 98.4 Å². The van der Waals surface area contributed by atoms with E-state index in [4.69, 9.17) is 4.74 Å². The summed E-state index contributed by atoms with van der Waals surface area (Å²) in [6.45, 7) is 3.57. The summed E-state index contributed by atoms with van der Waals surface area (Å²) in [7, 11) is 0. The number of amides is 1. The van der Waals surface area contributed by atoms with E-state index in [-0.39, 0.29) is 17.0 Å². The van der Waals surface area contributed by atoms with Gasteiger partial charge in [-0.05, 0) is 42.2 Å². The number of nitrogens with zero attached hydrogens (tertiary/aromatic N) is 3. The molecule has 7 heteroatoms. The molecule has 3 heterocycles. The highest BCUT2D eigenvalue weighted by atomic mass is 32.1. The maximum absolute atomic E-state index is 13.2. The van der Waals surface area contributed by atoms with Gasteiger partial charge in [-0.2, -0.15) is 0 Å². The molecule has 2 aromatic heterocycles. The molecule has 0 atom stereocenters. The molecule has 5 rings (SSSR count). The first-order chi connectivity index (χ1) is 15.6. The van der Waals surface area contributed by atoms with Gasteiger partial charge in [-0.1, -0.05) is 36.4 Å². The third-order valence-corrected chi connectivity index (χ3v) is 6.69. The van der Waals surface area contributed by atoms with Gasteiger partial charge in [0.05, 0.1) is 6.61 Å². The minimum Gasteiger partial charge on any atom is -0.494 e. The number of carbonyl (C=O) groups excluding carboxylic acids is 1. The third kappa shape index (κ3) is 3.91. The normalized spacial score (nSPS) is 13.2. The van der Waals surface area contributed by atoms with Gasteiger partial charge in [-0.3, -0.25) is 14.0 Å². The van der Waals surface area contributed by atoms with E-state index in [0.29, 0.717) is 24.7 Å². The Balaban J connectivity index is 1.40. The number of hydrogen-bond acceptors (Lipinski definition) is 5. The molecular weight excluding hydrogens is 422 g/mol. The van der Waals surface area contributed by atoms with Gasteiger partial charge in [-0.15, -0.1) is 11.3 Å². The van der Waals surface area contributed by atoms with Crippen LogP contribution in [0.25, 0.3) is 4.96 Å². The van der Waals surface area contributed by atoms with Crippen molar-refractivity contribution in [3.63, 3.8) is 0 Å². The van der Waals surface area contributed by atoms with Crippen LogP contribution in [0.5, 0.6) is 5.75 Å². The summed E-state index contributed by atoms with van der Waals surface area (Å²) < 4.78 is 7.10. The average molecular weight is 446 g/mol. The van der Waals surface area contributed by atoms with Gasteiger partial charge in [0.2, 0.25) is 0 Å². The van der Waals surface area contributed by atoms with E-state index in [0.717, 1.165) is 29.0 Å². The standard InChI is InChI=1S/C25H23N3O3S/c1-2-31-20-9-8-18-10-11-27(15-19(18)13-20)23(29)22-14-26-25-28(24(22)30)16-21(32-25)12-17-6-4-3-5-7-17/h3-9,13-14,16H,2,10-12,15H2,1H3. The van der Waals surface area contributed by atoms with Crippen LogP contribution in [0.3, 0.4) is 0 Å². The highest BCUT2D eigenvalue weighted by Crippen LogP contribution is 2.25. The first-order valence-electron chi connectivity index (χ1n) is 10.7. The quantitative estimate of drug-likeness (QED) is 0.467. The molecular formula is C25H23N3O3S. The monoisotopic (exact) mass is 445 g/mol. The summed E-state index contributed by atoms with van der Waals surface area (Å²) in [5.41, 5.74) is 3.23. The van der Waals surface area contributed by atoms with Crippen molar-refractivity contribution < 1.29 is 9.53 Å². The van der Waals surface area contributed by atoms with Gasteiger partial charge in [0.25, 0.3) is 11.5 Å². The van der Waals surface area contributed by atoms with Crippen LogP contribution in [0.4, 0.5) is 0 Å². The van der Waals surface area contributed by atoms with Gasteiger partial charge in [0.1, 0.15) is 11.3 Å². The first kappa shape index (κ1) is 20.5. The van der Waals surface area contributed by atoms with Crippen molar-refractivity contribution in [1.82, 2.24) is 14.3 Å². The lowest BCUT2D eigenvalue weighted by atomic mass is 9.99. The number of thiazole rings is 1. The maximum Gasteiger partial charge on any atom is 0.271 e. The van der Waals surface area contributed by atoms with Crippen molar-refractivity contribution in [3.8, 4) is 5.75 Å². The lowest BCUT2D eigenvalue weighted by molar-refractivity contribution is 0.0732. The number of aromatic nitrogens is 2. The smallest absolute Gasteiger partial charge is 0.271 e. The Bertz CT molecular complexity index is 1340. The summed E-state index contributed by atoms with van der Waals surface area (Å²) in [6.07, 6.45) is 4.71. The molecule has 0 bridgehead atoms. The minimum atomic E-state index is -0.315. The van der Waals surface area contributed by atoms with Crippen LogP contribution in [-0.2, 0) is 19.4 Å². The van der Waals surface area contributed by atoms with Gasteiger partial charge >= 0.3 is 0 Å². The summed E-state index contributed by atoms with van der Waals surface area (Å²) in [5, 5.41) is 0. The van der Waals surface area contributed by atoms with Crippen molar-refractivity contribution >= 4 is 22.2 Å². The third-order valence-electron chi connectivity index (χ3n) is 5.69. The number of carbonyl (C=O) groups is 1. The molecule has 0 saturated carbocycles. The molecule has 0 spiro atoms. The molecule has 6 nitrogen and oxygen atoms in total. The minimum absolute atomic E-state index is 0.107. The Kier molecular flexibility index (Phi) is 5.49. The van der Waals surface area contributed by atoms with Crippen molar-refractivity contribution in [2.24, 2.45) is 0 Å². The molecule has 0 saturated heterocycles. The van der Waals surface area contributed by atoms with E-state index in [1.807, 2.05) is 37.3 Å². The number of hydrogen-bond donors (Lipinski definition) is 0. The molecule has 2 aromatic carbocycles. The van der Waals surface area contributed by atoms with Gasteiger partial charge in [0.15, 0.2) is 4.96 Å².